The average molecular weight is 296 g/mol. The second-order valence-electron chi connectivity index (χ2n) is 4.63. The zero-order valence-corrected chi connectivity index (χ0v) is 11.0. The van der Waals surface area contributed by atoms with Crippen LogP contribution in [0, 0.1) is 0 Å². The molecule has 0 saturated heterocycles. The lowest BCUT2D eigenvalue weighted by atomic mass is 10.1. The van der Waals surface area contributed by atoms with E-state index in [2.05, 4.69) is 10.3 Å². The predicted molar refractivity (Wildman–Crippen MR) is 69.7 cm³/mol. The molecular weight excluding hydrogens is 282 g/mol. The van der Waals surface area contributed by atoms with Gasteiger partial charge in [-0.1, -0.05) is 35.5 Å². The minimum atomic E-state index is -3.10. The number of carbonyl (C=O) groups is 1. The Balaban J connectivity index is 2.07. The second kappa shape index (κ2) is 5.96. The maximum absolute atomic E-state index is 14.0. The number of carboxylic acid groups (broad SMARTS) is 1. The summed E-state index contributed by atoms with van der Waals surface area (Å²) in [5.41, 5.74) is 5.49. The lowest BCUT2D eigenvalue weighted by Gasteiger charge is -2.16. The highest BCUT2D eigenvalue weighted by Crippen LogP contribution is 2.29. The van der Waals surface area contributed by atoms with Crippen molar-refractivity contribution in [2.24, 2.45) is 5.73 Å². The first-order chi connectivity index (χ1) is 9.88. The van der Waals surface area contributed by atoms with Gasteiger partial charge in [0.2, 0.25) is 0 Å². The minimum absolute atomic E-state index is 0.0633. The minimum Gasteiger partial charge on any atom is -0.480 e. The molecule has 21 heavy (non-hydrogen) atoms. The number of carboxylic acids is 1. The van der Waals surface area contributed by atoms with Crippen LogP contribution in [0.5, 0.6) is 0 Å². The Morgan fingerprint density at radius 2 is 2.05 bits per heavy atom. The van der Waals surface area contributed by atoms with E-state index in [-0.39, 0.29) is 17.7 Å². The van der Waals surface area contributed by atoms with Crippen LogP contribution < -0.4 is 5.73 Å². The number of aromatic nitrogens is 3. The van der Waals surface area contributed by atoms with Gasteiger partial charge in [-0.3, -0.25) is 4.79 Å². The Hall–Kier alpha value is -2.35. The predicted octanol–water partition coefficient (Wildman–Crippen LogP) is 1.02. The number of hydrogen-bond donors (Lipinski definition) is 2. The summed E-state index contributed by atoms with van der Waals surface area (Å²) in [6.45, 7) is -0.674. The van der Waals surface area contributed by atoms with Crippen molar-refractivity contribution in [1.29, 1.82) is 0 Å². The lowest BCUT2D eigenvalue weighted by Crippen LogP contribution is -2.32. The molecule has 1 heterocycles. The number of nitrogens with two attached hydrogens (primary N) is 1. The summed E-state index contributed by atoms with van der Waals surface area (Å²) in [5, 5.41) is 15.9. The first-order valence-corrected chi connectivity index (χ1v) is 6.19. The van der Waals surface area contributed by atoms with Crippen LogP contribution in [0.15, 0.2) is 36.5 Å². The van der Waals surface area contributed by atoms with E-state index in [1.165, 1.54) is 30.5 Å². The van der Waals surface area contributed by atoms with Crippen LogP contribution in [0.25, 0.3) is 0 Å². The van der Waals surface area contributed by atoms with Crippen LogP contribution in [0.4, 0.5) is 8.78 Å². The van der Waals surface area contributed by atoms with Crippen LogP contribution in [0.2, 0.25) is 0 Å². The van der Waals surface area contributed by atoms with Crippen molar-refractivity contribution in [1.82, 2.24) is 15.0 Å². The molecule has 0 bridgehead atoms. The quantitative estimate of drug-likeness (QED) is 0.830. The maximum Gasteiger partial charge on any atom is 0.320 e. The third kappa shape index (κ3) is 3.82. The monoisotopic (exact) mass is 296 g/mol. The van der Waals surface area contributed by atoms with Crippen molar-refractivity contribution in [2.75, 3.05) is 0 Å². The summed E-state index contributed by atoms with van der Waals surface area (Å²) in [4.78, 5) is 10.6. The van der Waals surface area contributed by atoms with Gasteiger partial charge in [0.1, 0.15) is 12.6 Å². The smallest absolute Gasteiger partial charge is 0.320 e. The number of aliphatic carboxylic acids is 1. The Morgan fingerprint density at radius 3 is 2.67 bits per heavy atom. The van der Waals surface area contributed by atoms with E-state index in [4.69, 9.17) is 10.8 Å². The zero-order chi connectivity index (χ0) is 15.5. The molecule has 8 heteroatoms. The zero-order valence-electron chi connectivity index (χ0n) is 11.0. The Morgan fingerprint density at radius 1 is 1.38 bits per heavy atom. The SMILES string of the molecule is NC(Cc1cn(CC(F)(F)c2ccccc2)nn1)C(=O)O. The summed E-state index contributed by atoms with van der Waals surface area (Å²) in [5.74, 6) is -4.28. The van der Waals surface area contributed by atoms with Gasteiger partial charge in [-0.2, -0.15) is 8.78 Å². The average Bonchev–Trinajstić information content (AvgIpc) is 2.86. The van der Waals surface area contributed by atoms with Crippen molar-refractivity contribution in [3.63, 3.8) is 0 Å². The van der Waals surface area contributed by atoms with Crippen molar-refractivity contribution in [3.05, 3.63) is 47.8 Å². The molecule has 6 nitrogen and oxygen atoms in total. The Bertz CT molecular complexity index is 616. The van der Waals surface area contributed by atoms with E-state index >= 15 is 0 Å². The van der Waals surface area contributed by atoms with E-state index in [1.54, 1.807) is 6.07 Å². The molecule has 2 rings (SSSR count). The van der Waals surface area contributed by atoms with Crippen LogP contribution in [0.3, 0.4) is 0 Å². The fourth-order valence-corrected chi connectivity index (χ4v) is 1.80. The molecule has 0 radical (unpaired) electrons. The van der Waals surface area contributed by atoms with E-state index in [0.717, 1.165) is 4.68 Å². The molecule has 0 saturated carbocycles. The fourth-order valence-electron chi connectivity index (χ4n) is 1.80. The molecule has 1 aromatic heterocycles. The Labute approximate surface area is 119 Å². The van der Waals surface area contributed by atoms with Crippen LogP contribution >= 0.6 is 0 Å². The van der Waals surface area contributed by atoms with E-state index < -0.39 is 24.5 Å². The molecule has 0 fully saturated rings. The number of halogens is 2. The molecule has 112 valence electrons. The largest absolute Gasteiger partial charge is 0.480 e. The highest BCUT2D eigenvalue weighted by molar-refractivity contribution is 5.73. The summed E-state index contributed by atoms with van der Waals surface area (Å²) in [6.07, 6.45) is 1.21. The third-order valence-corrected chi connectivity index (χ3v) is 2.89. The molecule has 0 aliphatic heterocycles. The summed E-state index contributed by atoms with van der Waals surface area (Å²) in [6, 6.07) is 6.24. The van der Waals surface area contributed by atoms with Crippen LogP contribution in [0.1, 0.15) is 11.3 Å². The molecule has 2 aromatic rings. The molecule has 0 amide bonds. The normalized spacial score (nSPS) is 13.1. The number of benzene rings is 1. The second-order valence-corrected chi connectivity index (χ2v) is 4.63. The van der Waals surface area contributed by atoms with Gasteiger partial charge in [-0.05, 0) is 0 Å². The first kappa shape index (κ1) is 15.0. The number of alkyl halides is 2. The van der Waals surface area contributed by atoms with Gasteiger partial charge in [0.25, 0.3) is 5.92 Å². The summed E-state index contributed by atoms with van der Waals surface area (Å²) < 4.78 is 29.1. The number of hydrogen-bond acceptors (Lipinski definition) is 4. The molecule has 3 N–H and O–H groups in total. The van der Waals surface area contributed by atoms with Gasteiger partial charge in [0.05, 0.1) is 5.69 Å². The van der Waals surface area contributed by atoms with E-state index in [9.17, 15) is 13.6 Å². The molecule has 0 aliphatic carbocycles. The van der Waals surface area contributed by atoms with E-state index in [0.29, 0.717) is 0 Å². The van der Waals surface area contributed by atoms with Crippen molar-refractivity contribution >= 4 is 5.97 Å². The van der Waals surface area contributed by atoms with Crippen molar-refractivity contribution in [3.8, 4) is 0 Å². The van der Waals surface area contributed by atoms with Gasteiger partial charge < -0.3 is 10.8 Å². The topological polar surface area (TPSA) is 94.0 Å². The highest BCUT2D eigenvalue weighted by atomic mass is 19.3. The molecule has 1 atom stereocenters. The van der Waals surface area contributed by atoms with Gasteiger partial charge in [0.15, 0.2) is 0 Å². The molecule has 1 aromatic carbocycles. The van der Waals surface area contributed by atoms with E-state index in [1.807, 2.05) is 0 Å². The standard InChI is InChI=1S/C13H14F2N4O2/c14-13(15,9-4-2-1-3-5-9)8-19-7-10(17-18-19)6-11(16)12(20)21/h1-5,7,11H,6,8,16H2,(H,20,21). The molecular formula is C13H14F2N4O2. The fraction of sp³-hybridized carbons (Fsp3) is 0.308. The molecule has 1 unspecified atom stereocenters. The van der Waals surface area contributed by atoms with Gasteiger partial charge in [-0.25, -0.2) is 4.68 Å². The van der Waals surface area contributed by atoms with Crippen molar-refractivity contribution < 1.29 is 18.7 Å². The van der Waals surface area contributed by atoms with Crippen molar-refractivity contribution in [2.45, 2.75) is 24.9 Å². The van der Waals surface area contributed by atoms with Gasteiger partial charge in [0, 0.05) is 18.2 Å². The van der Waals surface area contributed by atoms with Crippen LogP contribution in [-0.4, -0.2) is 32.1 Å². The maximum atomic E-state index is 14.0. The highest BCUT2D eigenvalue weighted by Gasteiger charge is 2.32. The number of nitrogens with zero attached hydrogens (tertiary/aromatic N) is 3. The third-order valence-electron chi connectivity index (χ3n) is 2.89. The summed E-state index contributed by atoms with van der Waals surface area (Å²) in [7, 11) is 0. The summed E-state index contributed by atoms with van der Waals surface area (Å²) >= 11 is 0. The first-order valence-electron chi connectivity index (χ1n) is 6.19. The number of rotatable bonds is 6. The molecule has 0 aliphatic rings. The van der Waals surface area contributed by atoms with Gasteiger partial charge >= 0.3 is 5.97 Å². The lowest BCUT2D eigenvalue weighted by molar-refractivity contribution is -0.138. The Kier molecular flexibility index (Phi) is 4.27. The van der Waals surface area contributed by atoms with Crippen LogP contribution in [-0.2, 0) is 23.7 Å². The van der Waals surface area contributed by atoms with Gasteiger partial charge in [-0.15, -0.1) is 5.10 Å². The molecule has 0 spiro atoms.